The quantitative estimate of drug-likeness (QED) is 0.460. The number of esters is 1. The molecular weight excluding hydrogens is 402 g/mol. The van der Waals surface area contributed by atoms with Crippen molar-refractivity contribution in [2.75, 3.05) is 11.9 Å². The molecule has 2 aromatic heterocycles. The Kier molecular flexibility index (Phi) is 5.67. The van der Waals surface area contributed by atoms with Crippen molar-refractivity contribution in [3.05, 3.63) is 77.4 Å². The van der Waals surface area contributed by atoms with Crippen LogP contribution in [0.3, 0.4) is 0 Å². The third kappa shape index (κ3) is 4.44. The number of thiazole rings is 1. The Labute approximate surface area is 176 Å². The lowest BCUT2D eigenvalue weighted by Gasteiger charge is -2.07. The molecule has 30 heavy (non-hydrogen) atoms. The van der Waals surface area contributed by atoms with Gasteiger partial charge in [-0.2, -0.15) is 0 Å². The second kappa shape index (κ2) is 8.71. The normalized spacial score (nSPS) is 10.6. The zero-order chi connectivity index (χ0) is 20.9. The lowest BCUT2D eigenvalue weighted by atomic mass is 10.1. The van der Waals surface area contributed by atoms with Gasteiger partial charge in [-0.25, -0.2) is 14.8 Å². The van der Waals surface area contributed by atoms with Crippen molar-refractivity contribution in [2.45, 2.75) is 6.92 Å². The molecule has 0 fully saturated rings. The van der Waals surface area contributed by atoms with Gasteiger partial charge < -0.3 is 9.15 Å². The van der Waals surface area contributed by atoms with Gasteiger partial charge >= 0.3 is 5.97 Å². The molecule has 0 bridgehead atoms. The Morgan fingerprint density at radius 2 is 1.87 bits per heavy atom. The fraction of sp³-hybridized carbons (Fsp3) is 0.0909. The van der Waals surface area contributed by atoms with Crippen molar-refractivity contribution < 1.29 is 18.7 Å². The monoisotopic (exact) mass is 419 g/mol. The lowest BCUT2D eigenvalue weighted by Crippen LogP contribution is -2.21. The van der Waals surface area contributed by atoms with Crippen molar-refractivity contribution in [1.82, 2.24) is 9.97 Å². The van der Waals surface area contributed by atoms with Gasteiger partial charge in [-0.1, -0.05) is 42.5 Å². The summed E-state index contributed by atoms with van der Waals surface area (Å²) < 4.78 is 11.0. The number of nitrogens with one attached hydrogen (secondary N) is 1. The van der Waals surface area contributed by atoms with Crippen molar-refractivity contribution in [3.8, 4) is 22.8 Å². The Morgan fingerprint density at radius 3 is 2.63 bits per heavy atom. The van der Waals surface area contributed by atoms with Gasteiger partial charge in [0.05, 0.1) is 23.0 Å². The third-order valence-electron chi connectivity index (χ3n) is 4.14. The van der Waals surface area contributed by atoms with Gasteiger partial charge in [-0.15, -0.1) is 11.3 Å². The van der Waals surface area contributed by atoms with Gasteiger partial charge in [-0.3, -0.25) is 10.1 Å². The summed E-state index contributed by atoms with van der Waals surface area (Å²) in [6.07, 6.45) is 1.61. The lowest BCUT2D eigenvalue weighted by molar-refractivity contribution is -0.119. The number of carbonyl (C=O) groups excluding carboxylic acids is 2. The van der Waals surface area contributed by atoms with Crippen molar-refractivity contribution in [3.63, 3.8) is 0 Å². The highest BCUT2D eigenvalue weighted by Crippen LogP contribution is 2.28. The molecule has 1 amide bonds. The predicted molar refractivity (Wildman–Crippen MR) is 113 cm³/mol. The molecule has 2 heterocycles. The van der Waals surface area contributed by atoms with Gasteiger partial charge in [0.2, 0.25) is 5.89 Å². The summed E-state index contributed by atoms with van der Waals surface area (Å²) in [5.41, 5.74) is 2.44. The van der Waals surface area contributed by atoms with E-state index >= 15 is 0 Å². The first-order chi connectivity index (χ1) is 14.6. The summed E-state index contributed by atoms with van der Waals surface area (Å²) in [6.45, 7) is 1.40. The van der Waals surface area contributed by atoms with Crippen molar-refractivity contribution in [1.29, 1.82) is 0 Å². The van der Waals surface area contributed by atoms with Crippen LogP contribution in [0.4, 0.5) is 5.13 Å². The second-order valence-corrected chi connectivity index (χ2v) is 7.22. The minimum atomic E-state index is -0.643. The minimum absolute atomic E-state index is 0.261. The average molecular weight is 419 g/mol. The molecule has 0 aliphatic heterocycles. The maximum Gasteiger partial charge on any atom is 0.339 e. The summed E-state index contributed by atoms with van der Waals surface area (Å²) in [7, 11) is 0. The number of nitrogens with zero attached hydrogens (tertiary/aromatic N) is 2. The Morgan fingerprint density at radius 1 is 1.10 bits per heavy atom. The summed E-state index contributed by atoms with van der Waals surface area (Å²) in [5.74, 6) is -0.218. The van der Waals surface area contributed by atoms with E-state index in [-0.39, 0.29) is 5.56 Å². The first-order valence-corrected chi connectivity index (χ1v) is 9.98. The number of hydrogen-bond acceptors (Lipinski definition) is 7. The molecule has 0 aliphatic rings. The van der Waals surface area contributed by atoms with Crippen molar-refractivity contribution >= 4 is 28.3 Å². The summed E-state index contributed by atoms with van der Waals surface area (Å²) in [5, 5.41) is 4.88. The molecule has 0 radical (unpaired) electrons. The van der Waals surface area contributed by atoms with Crippen LogP contribution in [0.25, 0.3) is 22.8 Å². The standard InChI is InChI=1S/C22H17N3O4S/c1-14-13-30-22(24-14)25-19(26)12-28-21(27)17-10-6-5-9-16(17)20-23-11-18(29-20)15-7-3-2-4-8-15/h2-11,13H,12H2,1H3,(H,24,25,26). The van der Waals surface area contributed by atoms with Crippen LogP contribution >= 0.6 is 11.3 Å². The summed E-state index contributed by atoms with van der Waals surface area (Å²) in [4.78, 5) is 33.1. The van der Waals surface area contributed by atoms with Gasteiger partial charge in [0.25, 0.3) is 5.91 Å². The van der Waals surface area contributed by atoms with Gasteiger partial charge in [0.1, 0.15) is 0 Å². The van der Waals surface area contributed by atoms with E-state index in [1.165, 1.54) is 11.3 Å². The SMILES string of the molecule is Cc1csc(NC(=O)COC(=O)c2ccccc2-c2ncc(-c3ccccc3)o2)n1. The molecule has 150 valence electrons. The number of amides is 1. The number of ether oxygens (including phenoxy) is 1. The molecule has 4 rings (SSSR count). The number of benzene rings is 2. The van der Waals surface area contributed by atoms with E-state index in [0.717, 1.165) is 11.3 Å². The predicted octanol–water partition coefficient (Wildman–Crippen LogP) is 4.57. The highest BCUT2D eigenvalue weighted by Gasteiger charge is 2.19. The number of rotatable bonds is 6. The van der Waals surface area contributed by atoms with E-state index in [2.05, 4.69) is 15.3 Å². The Balaban J connectivity index is 1.47. The van der Waals surface area contributed by atoms with Crippen molar-refractivity contribution in [2.24, 2.45) is 0 Å². The zero-order valence-electron chi connectivity index (χ0n) is 16.0. The fourth-order valence-electron chi connectivity index (χ4n) is 2.76. The van der Waals surface area contributed by atoms with Gasteiger partial charge in [0.15, 0.2) is 17.5 Å². The maximum absolute atomic E-state index is 12.6. The fourth-order valence-corrected chi connectivity index (χ4v) is 3.46. The van der Waals surface area contributed by atoms with Crippen LogP contribution in [0, 0.1) is 6.92 Å². The molecule has 0 aliphatic carbocycles. The molecule has 0 spiro atoms. The first kappa shape index (κ1) is 19.5. The highest BCUT2D eigenvalue weighted by molar-refractivity contribution is 7.13. The van der Waals surface area contributed by atoms with Crippen LogP contribution in [-0.2, 0) is 9.53 Å². The van der Waals surface area contributed by atoms with E-state index < -0.39 is 18.5 Å². The number of anilines is 1. The van der Waals surface area contributed by atoms with Crippen LogP contribution in [0.1, 0.15) is 16.1 Å². The van der Waals surface area contributed by atoms with E-state index in [4.69, 9.17) is 9.15 Å². The van der Waals surface area contributed by atoms with Gasteiger partial charge in [-0.05, 0) is 19.1 Å². The molecule has 8 heteroatoms. The van der Waals surface area contributed by atoms with E-state index in [1.54, 1.807) is 30.5 Å². The maximum atomic E-state index is 12.6. The average Bonchev–Trinajstić information content (AvgIpc) is 3.42. The topological polar surface area (TPSA) is 94.3 Å². The summed E-state index contributed by atoms with van der Waals surface area (Å²) >= 11 is 1.30. The minimum Gasteiger partial charge on any atom is -0.452 e. The van der Waals surface area contributed by atoms with Crippen LogP contribution in [0.2, 0.25) is 0 Å². The Bertz CT molecular complexity index is 1180. The Hall–Kier alpha value is -3.78. The molecule has 0 unspecified atom stereocenters. The zero-order valence-corrected chi connectivity index (χ0v) is 16.8. The van der Waals surface area contributed by atoms with Crippen LogP contribution in [-0.4, -0.2) is 28.5 Å². The number of aromatic nitrogens is 2. The number of oxazole rings is 1. The highest BCUT2D eigenvalue weighted by atomic mass is 32.1. The first-order valence-electron chi connectivity index (χ1n) is 9.10. The second-order valence-electron chi connectivity index (χ2n) is 6.36. The largest absolute Gasteiger partial charge is 0.452 e. The van der Waals surface area contributed by atoms with Crippen LogP contribution in [0.15, 0.2) is 70.6 Å². The number of hydrogen-bond donors (Lipinski definition) is 1. The molecule has 7 nitrogen and oxygen atoms in total. The smallest absolute Gasteiger partial charge is 0.339 e. The molecule has 0 saturated carbocycles. The molecular formula is C22H17N3O4S. The van der Waals surface area contributed by atoms with Crippen LogP contribution in [0.5, 0.6) is 0 Å². The van der Waals surface area contributed by atoms with Gasteiger partial charge in [0, 0.05) is 10.9 Å². The molecule has 1 N–H and O–H groups in total. The molecule has 0 atom stereocenters. The third-order valence-corrected chi connectivity index (χ3v) is 5.02. The van der Waals surface area contributed by atoms with E-state index in [1.807, 2.05) is 42.6 Å². The number of aryl methyl sites for hydroxylation is 1. The van der Waals surface area contributed by atoms with E-state index in [9.17, 15) is 9.59 Å². The molecule has 0 saturated heterocycles. The van der Waals surface area contributed by atoms with Crippen LogP contribution < -0.4 is 5.32 Å². The molecule has 4 aromatic rings. The van der Waals surface area contributed by atoms with E-state index in [0.29, 0.717) is 22.3 Å². The molecule has 2 aromatic carbocycles. The number of carbonyl (C=O) groups is 2. The summed E-state index contributed by atoms with van der Waals surface area (Å²) in [6, 6.07) is 16.3.